The number of hydrogen-bond acceptors (Lipinski definition) is 2. The van der Waals surface area contributed by atoms with Gasteiger partial charge in [0, 0.05) is 6.04 Å². The van der Waals surface area contributed by atoms with Crippen LogP contribution in [0.15, 0.2) is 18.2 Å². The molecule has 0 aromatic heterocycles. The third-order valence-corrected chi connectivity index (χ3v) is 2.05. The molecule has 3 heteroatoms. The number of nitrogens with zero attached hydrogens (tertiary/aromatic N) is 1. The highest BCUT2D eigenvalue weighted by atomic mass is 19.1. The van der Waals surface area contributed by atoms with Crippen LogP contribution in [0.5, 0.6) is 0 Å². The molecule has 13 heavy (non-hydrogen) atoms. The molecule has 1 aromatic rings. The number of nitriles is 1. The van der Waals surface area contributed by atoms with Gasteiger partial charge in [-0.1, -0.05) is 6.07 Å². The lowest BCUT2D eigenvalue weighted by Crippen LogP contribution is -2.12. The Morgan fingerprint density at radius 2 is 2.23 bits per heavy atom. The summed E-state index contributed by atoms with van der Waals surface area (Å²) in [4.78, 5) is 0. The van der Waals surface area contributed by atoms with Crippen LogP contribution < -0.4 is 5.32 Å². The van der Waals surface area contributed by atoms with E-state index in [1.54, 1.807) is 19.2 Å². The van der Waals surface area contributed by atoms with E-state index in [4.69, 9.17) is 5.26 Å². The molecule has 0 bridgehead atoms. The monoisotopic (exact) mass is 178 g/mol. The molecule has 0 amide bonds. The Labute approximate surface area is 77.0 Å². The second-order valence-corrected chi connectivity index (χ2v) is 2.86. The van der Waals surface area contributed by atoms with Crippen LogP contribution >= 0.6 is 0 Å². The summed E-state index contributed by atoms with van der Waals surface area (Å²) in [6.45, 7) is 1.93. The van der Waals surface area contributed by atoms with E-state index in [0.29, 0.717) is 0 Å². The zero-order valence-corrected chi connectivity index (χ0v) is 7.63. The highest BCUT2D eigenvalue weighted by molar-refractivity contribution is 5.34. The smallest absolute Gasteiger partial charge is 0.141 e. The zero-order valence-electron chi connectivity index (χ0n) is 7.63. The van der Waals surface area contributed by atoms with Crippen molar-refractivity contribution in [3.8, 4) is 6.07 Å². The van der Waals surface area contributed by atoms with Gasteiger partial charge in [0.25, 0.3) is 0 Å². The quantitative estimate of drug-likeness (QED) is 0.751. The van der Waals surface area contributed by atoms with Crippen LogP contribution in [0, 0.1) is 17.1 Å². The minimum atomic E-state index is -0.456. The van der Waals surface area contributed by atoms with Gasteiger partial charge >= 0.3 is 0 Å². The molecular weight excluding hydrogens is 167 g/mol. The topological polar surface area (TPSA) is 35.8 Å². The van der Waals surface area contributed by atoms with Crippen molar-refractivity contribution in [2.24, 2.45) is 0 Å². The molecule has 0 aliphatic carbocycles. The van der Waals surface area contributed by atoms with Crippen LogP contribution in [-0.2, 0) is 0 Å². The van der Waals surface area contributed by atoms with Crippen LogP contribution in [0.25, 0.3) is 0 Å². The van der Waals surface area contributed by atoms with Gasteiger partial charge in [-0.15, -0.1) is 0 Å². The normalized spacial score (nSPS) is 12.2. The minimum absolute atomic E-state index is 0.0899. The SMILES string of the molecule is CN[C@@H](C)c1ccc(C#N)c(F)c1. The molecule has 0 saturated heterocycles. The molecule has 1 atom stereocenters. The summed E-state index contributed by atoms with van der Waals surface area (Å²) < 4.78 is 13.1. The molecule has 68 valence electrons. The zero-order chi connectivity index (χ0) is 9.84. The van der Waals surface area contributed by atoms with Gasteiger partial charge < -0.3 is 5.32 Å². The Balaban J connectivity index is 3.04. The van der Waals surface area contributed by atoms with E-state index in [1.165, 1.54) is 12.1 Å². The van der Waals surface area contributed by atoms with Gasteiger partial charge in [-0.25, -0.2) is 4.39 Å². The summed E-state index contributed by atoms with van der Waals surface area (Å²) in [5.74, 6) is -0.456. The second kappa shape index (κ2) is 4.01. The van der Waals surface area contributed by atoms with Gasteiger partial charge in [-0.05, 0) is 31.7 Å². The van der Waals surface area contributed by atoms with Crippen molar-refractivity contribution in [2.75, 3.05) is 7.05 Å². The maximum Gasteiger partial charge on any atom is 0.141 e. The fourth-order valence-corrected chi connectivity index (χ4v) is 1.06. The largest absolute Gasteiger partial charge is 0.313 e. The highest BCUT2D eigenvalue weighted by Gasteiger charge is 2.06. The Hall–Kier alpha value is -1.40. The van der Waals surface area contributed by atoms with E-state index in [1.807, 2.05) is 6.92 Å². The lowest BCUT2D eigenvalue weighted by molar-refractivity contribution is 0.605. The number of benzene rings is 1. The Kier molecular flexibility index (Phi) is 2.99. The lowest BCUT2D eigenvalue weighted by atomic mass is 10.1. The van der Waals surface area contributed by atoms with Gasteiger partial charge in [-0.2, -0.15) is 5.26 Å². The fourth-order valence-electron chi connectivity index (χ4n) is 1.06. The van der Waals surface area contributed by atoms with Crippen LogP contribution in [0.1, 0.15) is 24.1 Å². The number of nitrogens with one attached hydrogen (secondary N) is 1. The first kappa shape index (κ1) is 9.69. The third kappa shape index (κ3) is 2.04. The molecule has 0 aliphatic rings. The Morgan fingerprint density at radius 3 is 2.69 bits per heavy atom. The highest BCUT2D eigenvalue weighted by Crippen LogP contribution is 2.15. The number of hydrogen-bond donors (Lipinski definition) is 1. The van der Waals surface area contributed by atoms with Crippen molar-refractivity contribution in [3.05, 3.63) is 35.1 Å². The first-order valence-electron chi connectivity index (χ1n) is 4.06. The molecule has 1 aromatic carbocycles. The lowest BCUT2D eigenvalue weighted by Gasteiger charge is -2.10. The van der Waals surface area contributed by atoms with Crippen molar-refractivity contribution < 1.29 is 4.39 Å². The summed E-state index contributed by atoms with van der Waals surface area (Å²) in [7, 11) is 1.81. The average Bonchev–Trinajstić information content (AvgIpc) is 2.16. The van der Waals surface area contributed by atoms with Crippen LogP contribution in [0.3, 0.4) is 0 Å². The molecule has 1 N–H and O–H groups in total. The van der Waals surface area contributed by atoms with Gasteiger partial charge in [-0.3, -0.25) is 0 Å². The third-order valence-electron chi connectivity index (χ3n) is 2.05. The van der Waals surface area contributed by atoms with Gasteiger partial charge in [0.1, 0.15) is 11.9 Å². The standard InChI is InChI=1S/C10H11FN2/c1-7(13-2)8-3-4-9(6-12)10(11)5-8/h3-5,7,13H,1-2H3/t7-/m0/s1. The van der Waals surface area contributed by atoms with E-state index in [0.717, 1.165) is 5.56 Å². The predicted molar refractivity (Wildman–Crippen MR) is 48.6 cm³/mol. The first-order valence-corrected chi connectivity index (χ1v) is 4.06. The minimum Gasteiger partial charge on any atom is -0.313 e. The van der Waals surface area contributed by atoms with Crippen molar-refractivity contribution in [2.45, 2.75) is 13.0 Å². The first-order chi connectivity index (χ1) is 6.19. The van der Waals surface area contributed by atoms with Gasteiger partial charge in [0.2, 0.25) is 0 Å². The summed E-state index contributed by atoms with van der Waals surface area (Å²) in [6, 6.07) is 6.52. The van der Waals surface area contributed by atoms with Crippen molar-refractivity contribution in [1.82, 2.24) is 5.32 Å². The summed E-state index contributed by atoms with van der Waals surface area (Å²) in [5, 5.41) is 11.5. The Bertz CT molecular complexity index is 341. The fraction of sp³-hybridized carbons (Fsp3) is 0.300. The van der Waals surface area contributed by atoms with Crippen molar-refractivity contribution in [1.29, 1.82) is 5.26 Å². The van der Waals surface area contributed by atoms with Crippen LogP contribution in [0.4, 0.5) is 4.39 Å². The van der Waals surface area contributed by atoms with E-state index < -0.39 is 5.82 Å². The predicted octanol–water partition coefficient (Wildman–Crippen LogP) is 1.98. The molecular formula is C10H11FN2. The van der Waals surface area contributed by atoms with E-state index >= 15 is 0 Å². The van der Waals surface area contributed by atoms with E-state index in [-0.39, 0.29) is 11.6 Å². The number of rotatable bonds is 2. The summed E-state index contributed by atoms with van der Waals surface area (Å²) >= 11 is 0. The molecule has 1 rings (SSSR count). The van der Waals surface area contributed by atoms with E-state index in [9.17, 15) is 4.39 Å². The molecule has 2 nitrogen and oxygen atoms in total. The Morgan fingerprint density at radius 1 is 1.54 bits per heavy atom. The maximum atomic E-state index is 13.1. The van der Waals surface area contributed by atoms with Crippen molar-refractivity contribution in [3.63, 3.8) is 0 Å². The maximum absolute atomic E-state index is 13.1. The van der Waals surface area contributed by atoms with Crippen LogP contribution in [0.2, 0.25) is 0 Å². The average molecular weight is 178 g/mol. The summed E-state index contributed by atoms with van der Waals surface area (Å²) in [6.07, 6.45) is 0. The molecule has 0 saturated carbocycles. The van der Waals surface area contributed by atoms with E-state index in [2.05, 4.69) is 5.32 Å². The van der Waals surface area contributed by atoms with Crippen molar-refractivity contribution >= 4 is 0 Å². The summed E-state index contributed by atoms with van der Waals surface area (Å²) in [5.41, 5.74) is 0.936. The van der Waals surface area contributed by atoms with Gasteiger partial charge in [0.05, 0.1) is 5.56 Å². The second-order valence-electron chi connectivity index (χ2n) is 2.86. The molecule has 0 radical (unpaired) electrons. The molecule has 0 aliphatic heterocycles. The molecule has 0 heterocycles. The molecule has 0 spiro atoms. The van der Waals surface area contributed by atoms with Gasteiger partial charge in [0.15, 0.2) is 0 Å². The molecule has 0 unspecified atom stereocenters. The van der Waals surface area contributed by atoms with Crippen LogP contribution in [-0.4, -0.2) is 7.05 Å². The number of halogens is 1. The molecule has 0 fully saturated rings.